The van der Waals surface area contributed by atoms with E-state index in [2.05, 4.69) is 0 Å². The molecule has 1 aliphatic heterocycles. The molecule has 3 heteroatoms. The van der Waals surface area contributed by atoms with Gasteiger partial charge in [-0.1, -0.05) is 0 Å². The fourth-order valence-electron chi connectivity index (χ4n) is 3.09. The first-order valence-corrected chi connectivity index (χ1v) is 4.95. The normalized spacial score (nSPS) is 43.9. The van der Waals surface area contributed by atoms with Crippen molar-refractivity contribution in [3.05, 3.63) is 12.5 Å². The van der Waals surface area contributed by atoms with Crippen LogP contribution in [0.25, 0.3) is 0 Å². The van der Waals surface area contributed by atoms with Gasteiger partial charge in [-0.05, 0) is 24.7 Å². The summed E-state index contributed by atoms with van der Waals surface area (Å²) < 4.78 is 11.0. The van der Waals surface area contributed by atoms with Crippen LogP contribution < -0.4 is 0 Å². The predicted molar refractivity (Wildman–Crippen MR) is 45.4 cm³/mol. The zero-order valence-electron chi connectivity index (χ0n) is 7.48. The van der Waals surface area contributed by atoms with Crippen molar-refractivity contribution in [1.29, 1.82) is 0 Å². The van der Waals surface area contributed by atoms with Crippen molar-refractivity contribution in [2.45, 2.75) is 25.0 Å². The van der Waals surface area contributed by atoms with Crippen LogP contribution >= 0.6 is 0 Å². The molecule has 72 valence electrons. The molecule has 3 aliphatic rings. The van der Waals surface area contributed by atoms with Crippen LogP contribution in [0.5, 0.6) is 0 Å². The third kappa shape index (κ3) is 0.881. The van der Waals surface area contributed by atoms with Gasteiger partial charge in [0, 0.05) is 18.9 Å². The minimum absolute atomic E-state index is 0.316. The summed E-state index contributed by atoms with van der Waals surface area (Å²) >= 11 is 0. The molecule has 0 bridgehead atoms. The number of aliphatic hydroxyl groups excluding tert-OH is 1. The van der Waals surface area contributed by atoms with Gasteiger partial charge in [0.25, 0.3) is 5.79 Å². The van der Waals surface area contributed by atoms with Gasteiger partial charge < -0.3 is 14.6 Å². The van der Waals surface area contributed by atoms with Crippen LogP contribution in [0.1, 0.15) is 19.3 Å². The number of aliphatic hydroxyl groups is 1. The predicted octanol–water partition coefficient (Wildman–Crippen LogP) is 1.24. The van der Waals surface area contributed by atoms with Crippen LogP contribution in [0.15, 0.2) is 12.5 Å². The van der Waals surface area contributed by atoms with Crippen molar-refractivity contribution in [3.63, 3.8) is 0 Å². The monoisotopic (exact) mass is 182 g/mol. The molecule has 0 aromatic heterocycles. The Labute approximate surface area is 77.3 Å². The van der Waals surface area contributed by atoms with Gasteiger partial charge in [0.1, 0.15) is 12.5 Å². The summed E-state index contributed by atoms with van der Waals surface area (Å²) in [6.07, 6.45) is 6.49. The first-order valence-electron chi connectivity index (χ1n) is 4.95. The maximum absolute atomic E-state index is 9.06. The Morgan fingerprint density at radius 2 is 2.08 bits per heavy atom. The maximum Gasteiger partial charge on any atom is 0.253 e. The van der Waals surface area contributed by atoms with Crippen molar-refractivity contribution in [2.75, 3.05) is 6.61 Å². The van der Waals surface area contributed by atoms with Crippen molar-refractivity contribution in [1.82, 2.24) is 0 Å². The fraction of sp³-hybridized carbons (Fsp3) is 0.800. The van der Waals surface area contributed by atoms with Crippen LogP contribution in [-0.4, -0.2) is 17.5 Å². The maximum atomic E-state index is 9.06. The van der Waals surface area contributed by atoms with Crippen LogP contribution in [-0.2, 0) is 9.47 Å². The molecular formula is C10H14O3. The summed E-state index contributed by atoms with van der Waals surface area (Å²) in [4.78, 5) is 0. The van der Waals surface area contributed by atoms with E-state index >= 15 is 0 Å². The summed E-state index contributed by atoms with van der Waals surface area (Å²) in [5.74, 6) is 1.38. The lowest BCUT2D eigenvalue weighted by Crippen LogP contribution is -2.52. The van der Waals surface area contributed by atoms with Gasteiger partial charge in [0.2, 0.25) is 0 Å². The molecule has 2 aliphatic carbocycles. The van der Waals surface area contributed by atoms with Gasteiger partial charge in [-0.2, -0.15) is 0 Å². The first-order chi connectivity index (χ1) is 6.34. The average molecular weight is 182 g/mol. The van der Waals surface area contributed by atoms with E-state index < -0.39 is 0 Å². The van der Waals surface area contributed by atoms with E-state index in [-0.39, 0.29) is 5.79 Å². The van der Waals surface area contributed by atoms with Gasteiger partial charge in [0.15, 0.2) is 0 Å². The number of ether oxygens (including phenoxy) is 2. The van der Waals surface area contributed by atoms with Crippen molar-refractivity contribution >= 4 is 0 Å². The molecule has 0 amide bonds. The molecule has 1 N–H and O–H groups in total. The van der Waals surface area contributed by atoms with Crippen LogP contribution in [0.4, 0.5) is 0 Å². The topological polar surface area (TPSA) is 38.7 Å². The van der Waals surface area contributed by atoms with Gasteiger partial charge in [-0.25, -0.2) is 0 Å². The SMILES string of the molecule is OC[C@@H]1C[C@@H]2CC3(OC=CO3)[C@@H]2C1. The zero-order valence-corrected chi connectivity index (χ0v) is 7.48. The average Bonchev–Trinajstić information content (AvgIpc) is 2.69. The highest BCUT2D eigenvalue weighted by Gasteiger charge is 2.62. The van der Waals surface area contributed by atoms with E-state index in [1.807, 2.05) is 0 Å². The molecule has 3 nitrogen and oxygen atoms in total. The third-order valence-electron chi connectivity index (χ3n) is 3.75. The molecule has 3 rings (SSSR count). The molecular weight excluding hydrogens is 168 g/mol. The first kappa shape index (κ1) is 7.68. The van der Waals surface area contributed by atoms with E-state index in [0.717, 1.165) is 25.2 Å². The molecule has 0 radical (unpaired) electrons. The lowest BCUT2D eigenvalue weighted by atomic mass is 9.70. The van der Waals surface area contributed by atoms with Crippen molar-refractivity contribution in [2.24, 2.45) is 17.8 Å². The quantitative estimate of drug-likeness (QED) is 0.663. The highest BCUT2D eigenvalue weighted by atomic mass is 16.7. The summed E-state index contributed by atoms with van der Waals surface area (Å²) in [7, 11) is 0. The number of hydrogen-bond donors (Lipinski definition) is 1. The molecule has 0 saturated heterocycles. The molecule has 1 spiro atoms. The fourth-order valence-corrected chi connectivity index (χ4v) is 3.09. The van der Waals surface area contributed by atoms with E-state index in [0.29, 0.717) is 18.4 Å². The summed E-state index contributed by atoms with van der Waals surface area (Å²) in [6.45, 7) is 0.316. The van der Waals surface area contributed by atoms with E-state index in [4.69, 9.17) is 14.6 Å². The van der Waals surface area contributed by atoms with Gasteiger partial charge in [-0.15, -0.1) is 0 Å². The minimum atomic E-state index is -0.325. The molecule has 0 unspecified atom stereocenters. The van der Waals surface area contributed by atoms with E-state index in [1.54, 1.807) is 12.5 Å². The highest BCUT2D eigenvalue weighted by molar-refractivity contribution is 5.06. The van der Waals surface area contributed by atoms with Crippen molar-refractivity contribution in [3.8, 4) is 0 Å². The Morgan fingerprint density at radius 1 is 1.31 bits per heavy atom. The van der Waals surface area contributed by atoms with E-state index in [9.17, 15) is 0 Å². The highest BCUT2D eigenvalue weighted by Crippen LogP contribution is 2.59. The Hall–Kier alpha value is -0.700. The summed E-state index contributed by atoms with van der Waals surface area (Å²) in [5, 5.41) is 9.06. The second kappa shape index (κ2) is 2.41. The molecule has 2 saturated carbocycles. The summed E-state index contributed by atoms with van der Waals surface area (Å²) in [5.41, 5.74) is 0. The standard InChI is InChI=1S/C10H14O3/c11-6-7-3-8-5-10(9(8)4-7)12-1-2-13-10/h1-2,7-9,11H,3-6H2/t7-,8-,9-/m1/s1. The lowest BCUT2D eigenvalue weighted by molar-refractivity contribution is -0.256. The molecule has 0 aromatic rings. The third-order valence-corrected chi connectivity index (χ3v) is 3.75. The van der Waals surface area contributed by atoms with Crippen molar-refractivity contribution < 1.29 is 14.6 Å². The largest absolute Gasteiger partial charge is 0.456 e. The molecule has 3 atom stereocenters. The van der Waals surface area contributed by atoms with Crippen LogP contribution in [0.2, 0.25) is 0 Å². The van der Waals surface area contributed by atoms with E-state index in [1.165, 1.54) is 0 Å². The van der Waals surface area contributed by atoms with Gasteiger partial charge >= 0.3 is 0 Å². The lowest BCUT2D eigenvalue weighted by Gasteiger charge is -2.47. The number of fused-ring (bicyclic) bond motifs is 2. The molecule has 1 heterocycles. The Bertz CT molecular complexity index is 241. The van der Waals surface area contributed by atoms with Crippen LogP contribution in [0.3, 0.4) is 0 Å². The van der Waals surface area contributed by atoms with Crippen LogP contribution in [0, 0.1) is 17.8 Å². The molecule has 2 fully saturated rings. The second-order valence-corrected chi connectivity index (χ2v) is 4.41. The molecule has 0 aromatic carbocycles. The molecule has 13 heavy (non-hydrogen) atoms. The second-order valence-electron chi connectivity index (χ2n) is 4.41. The minimum Gasteiger partial charge on any atom is -0.456 e. The Morgan fingerprint density at radius 3 is 2.77 bits per heavy atom. The smallest absolute Gasteiger partial charge is 0.253 e. The number of rotatable bonds is 1. The van der Waals surface area contributed by atoms with Gasteiger partial charge in [-0.3, -0.25) is 0 Å². The van der Waals surface area contributed by atoms with Gasteiger partial charge in [0.05, 0.1) is 0 Å². The Kier molecular flexibility index (Phi) is 1.42. The summed E-state index contributed by atoms with van der Waals surface area (Å²) in [6, 6.07) is 0. The number of hydrogen-bond acceptors (Lipinski definition) is 3. The zero-order chi connectivity index (χ0) is 8.89. The Balaban J connectivity index is 1.72.